The second-order valence-corrected chi connectivity index (χ2v) is 6.33. The molecule has 21 heavy (non-hydrogen) atoms. The van der Waals surface area contributed by atoms with E-state index >= 15 is 0 Å². The SMILES string of the molecule is CCNC(Cc1cc(Br)ccc1F)c1ccc(C)cc1C. The maximum Gasteiger partial charge on any atom is 0.126 e. The van der Waals surface area contributed by atoms with E-state index in [0.29, 0.717) is 6.42 Å². The highest BCUT2D eigenvalue weighted by Gasteiger charge is 2.16. The molecule has 1 unspecified atom stereocenters. The molecule has 0 bridgehead atoms. The van der Waals surface area contributed by atoms with Crippen LogP contribution in [0, 0.1) is 19.7 Å². The molecular formula is C18H21BrFN. The van der Waals surface area contributed by atoms with Crippen LogP contribution in [0.25, 0.3) is 0 Å². The molecule has 2 aromatic carbocycles. The van der Waals surface area contributed by atoms with E-state index in [1.807, 2.05) is 6.07 Å². The van der Waals surface area contributed by atoms with E-state index in [1.54, 1.807) is 6.07 Å². The molecule has 1 atom stereocenters. The minimum Gasteiger partial charge on any atom is -0.310 e. The summed E-state index contributed by atoms with van der Waals surface area (Å²) < 4.78 is 14.9. The van der Waals surface area contributed by atoms with Crippen molar-refractivity contribution in [3.05, 3.63) is 68.9 Å². The van der Waals surface area contributed by atoms with Gasteiger partial charge in [0.1, 0.15) is 5.82 Å². The smallest absolute Gasteiger partial charge is 0.126 e. The maximum absolute atomic E-state index is 14.0. The van der Waals surface area contributed by atoms with Gasteiger partial charge >= 0.3 is 0 Å². The molecule has 0 aliphatic rings. The second kappa shape index (κ2) is 7.19. The molecule has 0 saturated carbocycles. The zero-order valence-electron chi connectivity index (χ0n) is 12.7. The fourth-order valence-electron chi connectivity index (χ4n) is 2.67. The van der Waals surface area contributed by atoms with Crippen LogP contribution in [0.3, 0.4) is 0 Å². The number of hydrogen-bond donors (Lipinski definition) is 1. The van der Waals surface area contributed by atoms with E-state index < -0.39 is 0 Å². The zero-order chi connectivity index (χ0) is 15.4. The van der Waals surface area contributed by atoms with Crippen LogP contribution >= 0.6 is 15.9 Å². The van der Waals surface area contributed by atoms with Gasteiger partial charge in [-0.2, -0.15) is 0 Å². The van der Waals surface area contributed by atoms with Crippen LogP contribution < -0.4 is 5.32 Å². The molecule has 0 aromatic heterocycles. The van der Waals surface area contributed by atoms with Crippen molar-refractivity contribution >= 4 is 15.9 Å². The third kappa shape index (κ3) is 4.14. The van der Waals surface area contributed by atoms with Gasteiger partial charge in [-0.15, -0.1) is 0 Å². The minimum absolute atomic E-state index is 0.124. The van der Waals surface area contributed by atoms with E-state index in [1.165, 1.54) is 22.8 Å². The maximum atomic E-state index is 14.0. The third-order valence-corrected chi connectivity index (χ3v) is 4.18. The zero-order valence-corrected chi connectivity index (χ0v) is 14.3. The largest absolute Gasteiger partial charge is 0.310 e. The van der Waals surface area contributed by atoms with Crippen LogP contribution in [0.1, 0.15) is 35.2 Å². The molecule has 0 heterocycles. The van der Waals surface area contributed by atoms with Crippen molar-refractivity contribution in [1.29, 1.82) is 0 Å². The normalized spacial score (nSPS) is 12.4. The molecule has 2 rings (SSSR count). The highest BCUT2D eigenvalue weighted by atomic mass is 79.9. The third-order valence-electron chi connectivity index (χ3n) is 3.68. The van der Waals surface area contributed by atoms with Gasteiger partial charge in [0.25, 0.3) is 0 Å². The molecule has 0 spiro atoms. The minimum atomic E-state index is -0.147. The number of nitrogens with one attached hydrogen (secondary N) is 1. The Morgan fingerprint density at radius 2 is 1.90 bits per heavy atom. The summed E-state index contributed by atoms with van der Waals surface area (Å²) in [4.78, 5) is 0. The van der Waals surface area contributed by atoms with Crippen LogP contribution in [-0.2, 0) is 6.42 Å². The Bertz CT molecular complexity index is 625. The predicted octanol–water partition coefficient (Wildman–Crippen LogP) is 5.10. The molecule has 1 N–H and O–H groups in total. The fraction of sp³-hybridized carbons (Fsp3) is 0.333. The molecule has 0 aliphatic carbocycles. The van der Waals surface area contributed by atoms with Gasteiger partial charge in [-0.25, -0.2) is 4.39 Å². The van der Waals surface area contributed by atoms with Crippen molar-refractivity contribution in [3.8, 4) is 0 Å². The first-order valence-electron chi connectivity index (χ1n) is 7.25. The summed E-state index contributed by atoms with van der Waals surface area (Å²) in [5.41, 5.74) is 4.47. The molecule has 1 nitrogen and oxygen atoms in total. The molecule has 2 aromatic rings. The summed E-state index contributed by atoms with van der Waals surface area (Å²) in [6, 6.07) is 11.7. The lowest BCUT2D eigenvalue weighted by Crippen LogP contribution is -2.24. The quantitative estimate of drug-likeness (QED) is 0.791. The molecule has 0 radical (unpaired) electrons. The molecule has 0 fully saturated rings. The fourth-order valence-corrected chi connectivity index (χ4v) is 3.08. The van der Waals surface area contributed by atoms with E-state index in [2.05, 4.69) is 60.2 Å². The Morgan fingerprint density at radius 1 is 1.14 bits per heavy atom. The number of hydrogen-bond acceptors (Lipinski definition) is 1. The topological polar surface area (TPSA) is 12.0 Å². The first kappa shape index (κ1) is 16.2. The first-order chi connectivity index (χ1) is 10.0. The number of aryl methyl sites for hydroxylation is 2. The van der Waals surface area contributed by atoms with E-state index in [0.717, 1.165) is 16.6 Å². The van der Waals surface area contributed by atoms with Crippen molar-refractivity contribution in [2.45, 2.75) is 33.2 Å². The van der Waals surface area contributed by atoms with Gasteiger partial charge in [-0.3, -0.25) is 0 Å². The average Bonchev–Trinajstić information content (AvgIpc) is 2.42. The summed E-state index contributed by atoms with van der Waals surface area (Å²) in [5, 5.41) is 3.47. The molecule has 3 heteroatoms. The number of rotatable bonds is 5. The molecule has 0 saturated heterocycles. The Kier molecular flexibility index (Phi) is 5.54. The van der Waals surface area contributed by atoms with Crippen LogP contribution in [0.4, 0.5) is 4.39 Å². The van der Waals surface area contributed by atoms with Gasteiger partial charge < -0.3 is 5.32 Å². The monoisotopic (exact) mass is 349 g/mol. The molecule has 0 amide bonds. The van der Waals surface area contributed by atoms with E-state index in [-0.39, 0.29) is 11.9 Å². The van der Waals surface area contributed by atoms with Crippen molar-refractivity contribution < 1.29 is 4.39 Å². The second-order valence-electron chi connectivity index (χ2n) is 5.41. The summed E-state index contributed by atoms with van der Waals surface area (Å²) in [6.45, 7) is 7.14. The van der Waals surface area contributed by atoms with Crippen LogP contribution in [-0.4, -0.2) is 6.54 Å². The standard InChI is InChI=1S/C18H21BrFN/c1-4-21-18(16-7-5-12(2)9-13(16)3)11-14-10-15(19)6-8-17(14)20/h5-10,18,21H,4,11H2,1-3H3. The van der Waals surface area contributed by atoms with Gasteiger partial charge in [-0.05, 0) is 61.7 Å². The van der Waals surface area contributed by atoms with Crippen molar-refractivity contribution in [2.24, 2.45) is 0 Å². The van der Waals surface area contributed by atoms with E-state index in [4.69, 9.17) is 0 Å². The summed E-state index contributed by atoms with van der Waals surface area (Å²) in [6.07, 6.45) is 0.642. The van der Waals surface area contributed by atoms with Crippen molar-refractivity contribution in [2.75, 3.05) is 6.54 Å². The van der Waals surface area contributed by atoms with Crippen LogP contribution in [0.5, 0.6) is 0 Å². The van der Waals surface area contributed by atoms with Crippen molar-refractivity contribution in [1.82, 2.24) is 5.32 Å². The van der Waals surface area contributed by atoms with Gasteiger partial charge in [0, 0.05) is 10.5 Å². The van der Waals surface area contributed by atoms with Gasteiger partial charge in [-0.1, -0.05) is 46.6 Å². The number of likely N-dealkylation sites (N-methyl/N-ethyl adjacent to an activating group) is 1. The van der Waals surface area contributed by atoms with Crippen LogP contribution in [0.2, 0.25) is 0 Å². The molecular weight excluding hydrogens is 329 g/mol. The lowest BCUT2D eigenvalue weighted by atomic mass is 9.94. The number of benzene rings is 2. The highest BCUT2D eigenvalue weighted by molar-refractivity contribution is 9.10. The molecule has 112 valence electrons. The summed E-state index contributed by atoms with van der Waals surface area (Å²) in [5.74, 6) is -0.147. The highest BCUT2D eigenvalue weighted by Crippen LogP contribution is 2.25. The average molecular weight is 350 g/mol. The molecule has 0 aliphatic heterocycles. The van der Waals surface area contributed by atoms with Crippen LogP contribution in [0.15, 0.2) is 40.9 Å². The lowest BCUT2D eigenvalue weighted by molar-refractivity contribution is 0.526. The Hall–Kier alpha value is -1.19. The van der Waals surface area contributed by atoms with Gasteiger partial charge in [0.15, 0.2) is 0 Å². The first-order valence-corrected chi connectivity index (χ1v) is 8.05. The summed E-state index contributed by atoms with van der Waals surface area (Å²) >= 11 is 3.42. The Labute approximate surface area is 134 Å². The Balaban J connectivity index is 2.32. The van der Waals surface area contributed by atoms with Gasteiger partial charge in [0.05, 0.1) is 0 Å². The predicted molar refractivity (Wildman–Crippen MR) is 90.1 cm³/mol. The van der Waals surface area contributed by atoms with Crippen molar-refractivity contribution in [3.63, 3.8) is 0 Å². The Morgan fingerprint density at radius 3 is 2.57 bits per heavy atom. The number of halogens is 2. The van der Waals surface area contributed by atoms with Gasteiger partial charge in [0.2, 0.25) is 0 Å². The van der Waals surface area contributed by atoms with E-state index in [9.17, 15) is 4.39 Å². The lowest BCUT2D eigenvalue weighted by Gasteiger charge is -2.21. The summed E-state index contributed by atoms with van der Waals surface area (Å²) in [7, 11) is 0.